The molecule has 1 amide bonds. The average Bonchev–Trinajstić information content (AvgIpc) is 3.28. The summed E-state index contributed by atoms with van der Waals surface area (Å²) < 4.78 is 7.17. The van der Waals surface area contributed by atoms with Crippen LogP contribution < -0.4 is 10.2 Å². The zero-order chi connectivity index (χ0) is 18.8. The number of nitrogens with one attached hydrogen (secondary N) is 1. The lowest BCUT2D eigenvalue weighted by Gasteiger charge is -2.28. The monoisotopic (exact) mass is 387 g/mol. The second kappa shape index (κ2) is 7.33. The minimum absolute atomic E-state index is 0.0768. The topological polar surface area (TPSA) is 102 Å². The van der Waals surface area contributed by atoms with Crippen molar-refractivity contribution in [2.45, 2.75) is 6.54 Å². The molecular weight excluding hydrogens is 370 g/mol. The van der Waals surface area contributed by atoms with Gasteiger partial charge in [0.25, 0.3) is 11.6 Å². The molecule has 0 unspecified atom stereocenters. The maximum atomic E-state index is 12.4. The molecule has 0 bridgehead atoms. The maximum Gasteiger partial charge on any atom is 0.293 e. The first-order valence-corrected chi connectivity index (χ1v) is 9.30. The summed E-state index contributed by atoms with van der Waals surface area (Å²) in [5.74, 6) is -0.372. The molecule has 3 heterocycles. The Morgan fingerprint density at radius 3 is 2.93 bits per heavy atom. The van der Waals surface area contributed by atoms with Crippen LogP contribution in [-0.2, 0) is 11.3 Å². The number of hydrogen-bond acceptors (Lipinski definition) is 7. The third kappa shape index (κ3) is 3.62. The standard InChI is InChI=1S/C17H17N5O4S/c23-16(18-10-13-11-21-5-8-27-17(21)19-13)12-1-2-14(15(9-12)22(24)25)20-3-6-26-7-4-20/h1-2,5,8-9,11H,3-4,6-7,10H2,(H,18,23). The molecule has 1 fully saturated rings. The number of thiazole rings is 1. The van der Waals surface area contributed by atoms with E-state index >= 15 is 0 Å². The lowest BCUT2D eigenvalue weighted by molar-refractivity contribution is -0.384. The Balaban J connectivity index is 1.50. The number of aromatic nitrogens is 2. The lowest BCUT2D eigenvalue weighted by atomic mass is 10.1. The lowest BCUT2D eigenvalue weighted by Crippen LogP contribution is -2.36. The number of nitrogens with zero attached hydrogens (tertiary/aromatic N) is 4. The van der Waals surface area contributed by atoms with Crippen molar-refractivity contribution < 1.29 is 14.5 Å². The van der Waals surface area contributed by atoms with Gasteiger partial charge in [0.2, 0.25) is 0 Å². The minimum atomic E-state index is -0.453. The van der Waals surface area contributed by atoms with Crippen molar-refractivity contribution in [2.24, 2.45) is 0 Å². The van der Waals surface area contributed by atoms with E-state index in [4.69, 9.17) is 4.74 Å². The number of nitro groups is 1. The Hall–Kier alpha value is -2.98. The first kappa shape index (κ1) is 17.4. The van der Waals surface area contributed by atoms with Crippen molar-refractivity contribution in [3.63, 3.8) is 0 Å². The second-order valence-corrected chi connectivity index (χ2v) is 6.94. The van der Waals surface area contributed by atoms with Gasteiger partial charge in [0.05, 0.1) is 30.4 Å². The van der Waals surface area contributed by atoms with E-state index in [1.807, 2.05) is 27.1 Å². The summed E-state index contributed by atoms with van der Waals surface area (Å²) in [5.41, 5.74) is 1.41. The number of morpholine rings is 1. The van der Waals surface area contributed by atoms with Crippen LogP contribution in [0.1, 0.15) is 16.1 Å². The summed E-state index contributed by atoms with van der Waals surface area (Å²) in [4.78, 5) is 30.6. The van der Waals surface area contributed by atoms with Gasteiger partial charge < -0.3 is 15.0 Å². The normalized spacial score (nSPS) is 14.4. The Morgan fingerprint density at radius 1 is 1.37 bits per heavy atom. The number of hydrogen-bond donors (Lipinski definition) is 1. The molecule has 27 heavy (non-hydrogen) atoms. The summed E-state index contributed by atoms with van der Waals surface area (Å²) in [6.07, 6.45) is 3.74. The zero-order valence-electron chi connectivity index (χ0n) is 14.3. The van der Waals surface area contributed by atoms with Crippen molar-refractivity contribution in [3.05, 3.63) is 57.3 Å². The molecule has 1 aliphatic heterocycles. The number of carbonyl (C=O) groups is 1. The van der Waals surface area contributed by atoms with E-state index in [0.29, 0.717) is 32.0 Å². The summed E-state index contributed by atoms with van der Waals surface area (Å²) in [5, 5.41) is 16.2. The number of rotatable bonds is 5. The molecular formula is C17H17N5O4S. The molecule has 3 aromatic rings. The Kier molecular flexibility index (Phi) is 4.73. The van der Waals surface area contributed by atoms with Gasteiger partial charge in [-0.1, -0.05) is 0 Å². The van der Waals surface area contributed by atoms with E-state index in [1.54, 1.807) is 12.1 Å². The number of anilines is 1. The third-order valence-electron chi connectivity index (χ3n) is 4.36. The van der Waals surface area contributed by atoms with Crippen LogP contribution in [0.2, 0.25) is 0 Å². The Morgan fingerprint density at radius 2 is 2.19 bits per heavy atom. The highest BCUT2D eigenvalue weighted by Gasteiger charge is 2.23. The molecule has 0 saturated carbocycles. The molecule has 0 aliphatic carbocycles. The van der Waals surface area contributed by atoms with E-state index < -0.39 is 4.92 Å². The molecule has 2 aromatic heterocycles. The molecule has 1 aliphatic rings. The SMILES string of the molecule is O=C(NCc1cn2ccsc2n1)c1ccc(N2CCOCC2)c([N+](=O)[O-])c1. The summed E-state index contributed by atoms with van der Waals surface area (Å²) in [6, 6.07) is 4.57. The number of amides is 1. The number of imidazole rings is 1. The summed E-state index contributed by atoms with van der Waals surface area (Å²) in [6.45, 7) is 2.49. The summed E-state index contributed by atoms with van der Waals surface area (Å²) >= 11 is 1.51. The van der Waals surface area contributed by atoms with Crippen molar-refractivity contribution in [1.82, 2.24) is 14.7 Å². The van der Waals surface area contributed by atoms with Crippen LogP contribution in [0, 0.1) is 10.1 Å². The Labute approximate surface area is 158 Å². The molecule has 1 N–H and O–H groups in total. The van der Waals surface area contributed by atoms with Gasteiger partial charge in [-0.05, 0) is 12.1 Å². The number of ether oxygens (including phenoxy) is 1. The van der Waals surface area contributed by atoms with Crippen LogP contribution in [0.3, 0.4) is 0 Å². The third-order valence-corrected chi connectivity index (χ3v) is 5.13. The first-order chi connectivity index (χ1) is 13.1. The first-order valence-electron chi connectivity index (χ1n) is 8.42. The highest BCUT2D eigenvalue weighted by Crippen LogP contribution is 2.30. The van der Waals surface area contributed by atoms with Gasteiger partial charge in [-0.15, -0.1) is 11.3 Å². The van der Waals surface area contributed by atoms with Gasteiger partial charge in [0.15, 0.2) is 4.96 Å². The number of nitro benzene ring substituents is 1. The molecule has 1 saturated heterocycles. The van der Waals surface area contributed by atoms with Crippen molar-refractivity contribution in [2.75, 3.05) is 31.2 Å². The number of fused-ring (bicyclic) bond motifs is 1. The van der Waals surface area contributed by atoms with Gasteiger partial charge in [-0.25, -0.2) is 4.98 Å². The van der Waals surface area contributed by atoms with E-state index in [-0.39, 0.29) is 23.7 Å². The van der Waals surface area contributed by atoms with Gasteiger partial charge in [0.1, 0.15) is 5.69 Å². The fraction of sp³-hybridized carbons (Fsp3) is 0.294. The van der Waals surface area contributed by atoms with E-state index in [0.717, 1.165) is 10.7 Å². The highest BCUT2D eigenvalue weighted by atomic mass is 32.1. The second-order valence-electron chi connectivity index (χ2n) is 6.07. The van der Waals surface area contributed by atoms with Crippen LogP contribution in [0.4, 0.5) is 11.4 Å². The zero-order valence-corrected chi connectivity index (χ0v) is 15.1. The van der Waals surface area contributed by atoms with Gasteiger partial charge in [-0.2, -0.15) is 0 Å². The van der Waals surface area contributed by atoms with E-state index in [2.05, 4.69) is 10.3 Å². The van der Waals surface area contributed by atoms with E-state index in [9.17, 15) is 14.9 Å². The van der Waals surface area contributed by atoms with Gasteiger partial charge in [0, 0.05) is 42.5 Å². The van der Waals surface area contributed by atoms with Crippen LogP contribution in [0.15, 0.2) is 36.0 Å². The van der Waals surface area contributed by atoms with Crippen LogP contribution in [-0.4, -0.2) is 46.5 Å². The average molecular weight is 387 g/mol. The molecule has 0 radical (unpaired) electrons. The van der Waals surface area contributed by atoms with Crippen molar-refractivity contribution >= 4 is 33.6 Å². The highest BCUT2D eigenvalue weighted by molar-refractivity contribution is 7.15. The smallest absolute Gasteiger partial charge is 0.293 e. The number of benzene rings is 1. The van der Waals surface area contributed by atoms with E-state index in [1.165, 1.54) is 17.4 Å². The summed E-state index contributed by atoms with van der Waals surface area (Å²) in [7, 11) is 0. The minimum Gasteiger partial charge on any atom is -0.378 e. The molecule has 10 heteroatoms. The number of carbonyl (C=O) groups excluding carboxylic acids is 1. The Bertz CT molecular complexity index is 964. The van der Waals surface area contributed by atoms with Gasteiger partial charge in [-0.3, -0.25) is 19.3 Å². The quantitative estimate of drug-likeness (QED) is 0.531. The fourth-order valence-electron chi connectivity index (χ4n) is 3.02. The molecule has 9 nitrogen and oxygen atoms in total. The van der Waals surface area contributed by atoms with Crippen LogP contribution in [0.5, 0.6) is 0 Å². The van der Waals surface area contributed by atoms with Gasteiger partial charge >= 0.3 is 0 Å². The molecule has 0 atom stereocenters. The van der Waals surface area contributed by atoms with Crippen LogP contribution >= 0.6 is 11.3 Å². The molecule has 140 valence electrons. The predicted molar refractivity (Wildman–Crippen MR) is 100 cm³/mol. The van der Waals surface area contributed by atoms with Crippen molar-refractivity contribution in [3.8, 4) is 0 Å². The molecule has 0 spiro atoms. The largest absolute Gasteiger partial charge is 0.378 e. The predicted octanol–water partition coefficient (Wildman–Crippen LogP) is 2.07. The maximum absolute atomic E-state index is 12.4. The fourth-order valence-corrected chi connectivity index (χ4v) is 3.74. The van der Waals surface area contributed by atoms with Crippen LogP contribution in [0.25, 0.3) is 4.96 Å². The molecule has 1 aromatic carbocycles. The molecule has 4 rings (SSSR count). The van der Waals surface area contributed by atoms with Crippen molar-refractivity contribution in [1.29, 1.82) is 0 Å².